The number of halogens is 3. The molecule has 1 aliphatic heterocycles. The van der Waals surface area contributed by atoms with Gasteiger partial charge in [-0.25, -0.2) is 4.79 Å². The van der Waals surface area contributed by atoms with Gasteiger partial charge in [0.05, 0.1) is 30.9 Å². The largest absolute Gasteiger partial charge is 0.416 e. The third-order valence-electron chi connectivity index (χ3n) is 4.23. The molecule has 0 spiro atoms. The van der Waals surface area contributed by atoms with Gasteiger partial charge in [0.25, 0.3) is 0 Å². The fraction of sp³-hybridized carbons (Fsp3) is 0.562. The molecule has 2 rings (SSSR count). The fourth-order valence-electron chi connectivity index (χ4n) is 2.64. The van der Waals surface area contributed by atoms with Gasteiger partial charge < -0.3 is 20.5 Å². The lowest BCUT2D eigenvalue weighted by atomic mass is 9.90. The zero-order chi connectivity index (χ0) is 17.9. The van der Waals surface area contributed by atoms with E-state index in [0.717, 1.165) is 6.07 Å². The van der Waals surface area contributed by atoms with Crippen LogP contribution >= 0.6 is 0 Å². The molecule has 4 atom stereocenters. The molecular weight excluding hydrogens is 325 g/mol. The van der Waals surface area contributed by atoms with Gasteiger partial charge in [-0.2, -0.15) is 13.2 Å². The predicted octanol–water partition coefficient (Wildman–Crippen LogP) is 2.26. The number of carbonyl (C=O) groups is 1. The summed E-state index contributed by atoms with van der Waals surface area (Å²) in [5.74, 6) is -0.543. The monoisotopic (exact) mass is 346 g/mol. The highest BCUT2D eigenvalue weighted by molar-refractivity contribution is 5.74. The Morgan fingerprint density at radius 3 is 2.54 bits per heavy atom. The van der Waals surface area contributed by atoms with Crippen molar-refractivity contribution in [3.8, 4) is 0 Å². The molecule has 0 saturated carbocycles. The highest BCUT2D eigenvalue weighted by Gasteiger charge is 2.35. The van der Waals surface area contributed by atoms with Crippen LogP contribution < -0.4 is 10.6 Å². The molecule has 24 heavy (non-hydrogen) atoms. The number of amides is 2. The number of hydrogen-bond donors (Lipinski definition) is 3. The molecule has 0 bridgehead atoms. The molecule has 1 aliphatic rings. The summed E-state index contributed by atoms with van der Waals surface area (Å²) in [5, 5.41) is 14.8. The van der Waals surface area contributed by atoms with E-state index in [1.54, 1.807) is 19.9 Å². The number of urea groups is 1. The summed E-state index contributed by atoms with van der Waals surface area (Å²) < 4.78 is 44.3. The number of nitrogens with one attached hydrogen (secondary N) is 2. The zero-order valence-electron chi connectivity index (χ0n) is 13.4. The highest BCUT2D eigenvalue weighted by atomic mass is 19.4. The molecule has 5 nitrogen and oxygen atoms in total. The maximum Gasteiger partial charge on any atom is 0.416 e. The minimum absolute atomic E-state index is 0.127. The van der Waals surface area contributed by atoms with E-state index in [9.17, 15) is 23.1 Å². The molecule has 3 N–H and O–H groups in total. The van der Waals surface area contributed by atoms with Crippen molar-refractivity contribution in [3.63, 3.8) is 0 Å². The van der Waals surface area contributed by atoms with Crippen molar-refractivity contribution in [2.45, 2.75) is 44.1 Å². The van der Waals surface area contributed by atoms with Crippen LogP contribution in [0.5, 0.6) is 0 Å². The van der Waals surface area contributed by atoms with E-state index in [-0.39, 0.29) is 18.8 Å². The van der Waals surface area contributed by atoms with Crippen LogP contribution in [0.25, 0.3) is 0 Å². The number of ether oxygens (including phenoxy) is 1. The number of hydrogen-bond acceptors (Lipinski definition) is 3. The van der Waals surface area contributed by atoms with Gasteiger partial charge in [-0.05, 0) is 18.6 Å². The number of rotatable bonds is 4. The Hall–Kier alpha value is -1.80. The SMILES string of the molecule is C[C@H](NC(=O)N[C@@H]1COC[C@@H]1O)[C@@H](C)c1ccccc1C(F)(F)F. The first-order chi connectivity index (χ1) is 11.2. The molecule has 134 valence electrons. The third-order valence-corrected chi connectivity index (χ3v) is 4.23. The summed E-state index contributed by atoms with van der Waals surface area (Å²) in [6, 6.07) is 3.73. The standard InChI is InChI=1S/C16H21F3N2O3/c1-9(11-5-3-4-6-12(11)16(17,18)19)10(2)20-15(23)21-13-7-24-8-14(13)22/h3-6,9-10,13-14,22H,7-8H2,1-2H3,(H2,20,21,23)/t9-,10+,13-,14+/m1/s1. The van der Waals surface area contributed by atoms with Crippen molar-refractivity contribution < 1.29 is 27.8 Å². The predicted molar refractivity (Wildman–Crippen MR) is 81.6 cm³/mol. The molecule has 1 aromatic rings. The van der Waals surface area contributed by atoms with Gasteiger partial charge in [-0.15, -0.1) is 0 Å². The lowest BCUT2D eigenvalue weighted by molar-refractivity contribution is -0.138. The summed E-state index contributed by atoms with van der Waals surface area (Å²) in [5.41, 5.74) is -0.576. The first-order valence-corrected chi connectivity index (χ1v) is 7.69. The van der Waals surface area contributed by atoms with Crippen molar-refractivity contribution in [1.82, 2.24) is 10.6 Å². The Labute approximate surface area is 138 Å². The number of aliphatic hydroxyl groups excluding tert-OH is 1. The number of aliphatic hydroxyl groups is 1. The minimum atomic E-state index is -4.45. The fourth-order valence-corrected chi connectivity index (χ4v) is 2.64. The van der Waals surface area contributed by atoms with Crippen molar-refractivity contribution in [1.29, 1.82) is 0 Å². The Morgan fingerprint density at radius 1 is 1.29 bits per heavy atom. The molecule has 1 saturated heterocycles. The number of alkyl halides is 3. The summed E-state index contributed by atoms with van der Waals surface area (Å²) in [6.07, 6.45) is -5.23. The average Bonchev–Trinajstić information content (AvgIpc) is 2.90. The molecular formula is C16H21F3N2O3. The van der Waals surface area contributed by atoms with E-state index >= 15 is 0 Å². The van der Waals surface area contributed by atoms with E-state index in [2.05, 4.69) is 10.6 Å². The number of carbonyl (C=O) groups excluding carboxylic acids is 1. The average molecular weight is 346 g/mol. The van der Waals surface area contributed by atoms with Gasteiger partial charge in [0.2, 0.25) is 0 Å². The first kappa shape index (κ1) is 18.5. The Balaban J connectivity index is 2.02. The van der Waals surface area contributed by atoms with Crippen LogP contribution in [0, 0.1) is 0 Å². The van der Waals surface area contributed by atoms with Gasteiger partial charge in [-0.1, -0.05) is 25.1 Å². The van der Waals surface area contributed by atoms with Crippen LogP contribution in [-0.4, -0.2) is 42.5 Å². The van der Waals surface area contributed by atoms with Crippen molar-refractivity contribution in [3.05, 3.63) is 35.4 Å². The summed E-state index contributed by atoms with van der Waals surface area (Å²) >= 11 is 0. The second-order valence-corrected chi connectivity index (χ2v) is 5.99. The lowest BCUT2D eigenvalue weighted by Gasteiger charge is -2.25. The summed E-state index contributed by atoms with van der Waals surface area (Å²) in [4.78, 5) is 12.0. The van der Waals surface area contributed by atoms with E-state index in [4.69, 9.17) is 4.74 Å². The van der Waals surface area contributed by atoms with E-state index in [1.807, 2.05) is 0 Å². The maximum atomic E-state index is 13.1. The van der Waals surface area contributed by atoms with Crippen LogP contribution in [0.2, 0.25) is 0 Å². The summed E-state index contributed by atoms with van der Waals surface area (Å²) in [7, 11) is 0. The van der Waals surface area contributed by atoms with Gasteiger partial charge in [-0.3, -0.25) is 0 Å². The van der Waals surface area contributed by atoms with Gasteiger partial charge in [0.1, 0.15) is 0 Å². The molecule has 8 heteroatoms. The van der Waals surface area contributed by atoms with E-state index in [0.29, 0.717) is 0 Å². The molecule has 0 radical (unpaired) electrons. The topological polar surface area (TPSA) is 70.6 Å². The van der Waals surface area contributed by atoms with Crippen LogP contribution in [0.4, 0.5) is 18.0 Å². The minimum Gasteiger partial charge on any atom is -0.388 e. The Morgan fingerprint density at radius 2 is 1.96 bits per heavy atom. The normalized spacial score (nSPS) is 23.6. The quantitative estimate of drug-likeness (QED) is 0.783. The van der Waals surface area contributed by atoms with Crippen LogP contribution in [0.3, 0.4) is 0 Å². The summed E-state index contributed by atoms with van der Waals surface area (Å²) in [6.45, 7) is 3.62. The highest BCUT2D eigenvalue weighted by Crippen LogP contribution is 2.35. The van der Waals surface area contributed by atoms with E-state index < -0.39 is 41.9 Å². The molecule has 2 amide bonds. The lowest BCUT2D eigenvalue weighted by Crippen LogP contribution is -2.50. The number of benzene rings is 1. The van der Waals surface area contributed by atoms with Crippen molar-refractivity contribution in [2.75, 3.05) is 13.2 Å². The smallest absolute Gasteiger partial charge is 0.388 e. The molecule has 0 aliphatic carbocycles. The zero-order valence-corrected chi connectivity index (χ0v) is 13.4. The second-order valence-electron chi connectivity index (χ2n) is 5.99. The Bertz CT molecular complexity index is 580. The van der Waals surface area contributed by atoms with Crippen LogP contribution in [-0.2, 0) is 10.9 Å². The second kappa shape index (κ2) is 7.40. The molecule has 0 aromatic heterocycles. The van der Waals surface area contributed by atoms with Crippen molar-refractivity contribution in [2.24, 2.45) is 0 Å². The van der Waals surface area contributed by atoms with Crippen LogP contribution in [0.1, 0.15) is 30.9 Å². The molecule has 1 aromatic carbocycles. The molecule has 1 heterocycles. The van der Waals surface area contributed by atoms with Gasteiger partial charge in [0, 0.05) is 12.0 Å². The molecule has 1 fully saturated rings. The maximum absolute atomic E-state index is 13.1. The van der Waals surface area contributed by atoms with E-state index in [1.165, 1.54) is 12.1 Å². The van der Waals surface area contributed by atoms with Crippen molar-refractivity contribution >= 4 is 6.03 Å². The van der Waals surface area contributed by atoms with Gasteiger partial charge in [0.15, 0.2) is 0 Å². The first-order valence-electron chi connectivity index (χ1n) is 7.69. The Kier molecular flexibility index (Phi) is 5.71. The molecule has 0 unspecified atom stereocenters. The van der Waals surface area contributed by atoms with Crippen LogP contribution in [0.15, 0.2) is 24.3 Å². The third kappa shape index (κ3) is 4.39. The van der Waals surface area contributed by atoms with Gasteiger partial charge >= 0.3 is 12.2 Å².